The maximum absolute atomic E-state index is 10.8. The van der Waals surface area contributed by atoms with Crippen LogP contribution in [0.4, 0.5) is 0 Å². The minimum absolute atomic E-state index is 0.273. The molecule has 5 nitrogen and oxygen atoms in total. The van der Waals surface area contributed by atoms with Crippen molar-refractivity contribution in [1.29, 1.82) is 0 Å². The van der Waals surface area contributed by atoms with Gasteiger partial charge < -0.3 is 19.7 Å². The van der Waals surface area contributed by atoms with Crippen LogP contribution in [0.5, 0.6) is 0 Å². The standard InChI is InChI=1S/C13H24O5/c1-2-7-17-8-9-18-10-13(16)5-3-11(4-6-13)12(14)15/h11,16H,2-10H2,1H3,(H,14,15). The Bertz CT molecular complexity index is 246. The summed E-state index contributed by atoms with van der Waals surface area (Å²) in [5.41, 5.74) is -0.850. The van der Waals surface area contributed by atoms with Gasteiger partial charge in [-0.05, 0) is 32.1 Å². The van der Waals surface area contributed by atoms with Crippen LogP contribution in [-0.2, 0) is 14.3 Å². The van der Waals surface area contributed by atoms with E-state index in [1.54, 1.807) is 0 Å². The molecular weight excluding hydrogens is 236 g/mol. The van der Waals surface area contributed by atoms with E-state index in [1.807, 2.05) is 6.92 Å². The lowest BCUT2D eigenvalue weighted by molar-refractivity contribution is -0.146. The monoisotopic (exact) mass is 260 g/mol. The fourth-order valence-electron chi connectivity index (χ4n) is 2.17. The molecule has 1 saturated carbocycles. The van der Waals surface area contributed by atoms with Gasteiger partial charge in [0.15, 0.2) is 0 Å². The van der Waals surface area contributed by atoms with E-state index < -0.39 is 11.6 Å². The van der Waals surface area contributed by atoms with Crippen molar-refractivity contribution in [2.75, 3.05) is 26.4 Å². The number of aliphatic hydroxyl groups is 1. The summed E-state index contributed by atoms with van der Waals surface area (Å²) in [6.45, 7) is 4.07. The highest BCUT2D eigenvalue weighted by atomic mass is 16.5. The predicted octanol–water partition coefficient (Wildman–Crippen LogP) is 1.44. The van der Waals surface area contributed by atoms with E-state index in [-0.39, 0.29) is 12.5 Å². The van der Waals surface area contributed by atoms with Crippen molar-refractivity contribution in [2.45, 2.75) is 44.6 Å². The smallest absolute Gasteiger partial charge is 0.306 e. The van der Waals surface area contributed by atoms with E-state index in [4.69, 9.17) is 14.6 Å². The van der Waals surface area contributed by atoms with Crippen molar-refractivity contribution >= 4 is 5.97 Å². The molecule has 0 bridgehead atoms. The quantitative estimate of drug-likeness (QED) is 0.646. The maximum atomic E-state index is 10.8. The highest BCUT2D eigenvalue weighted by molar-refractivity contribution is 5.70. The average molecular weight is 260 g/mol. The van der Waals surface area contributed by atoms with Crippen LogP contribution in [0.2, 0.25) is 0 Å². The summed E-state index contributed by atoms with van der Waals surface area (Å²) in [5, 5.41) is 19.1. The molecule has 106 valence electrons. The topological polar surface area (TPSA) is 76.0 Å². The van der Waals surface area contributed by atoms with E-state index in [9.17, 15) is 9.90 Å². The Morgan fingerprint density at radius 3 is 2.39 bits per heavy atom. The zero-order chi connectivity index (χ0) is 13.4. The Morgan fingerprint density at radius 1 is 1.22 bits per heavy atom. The van der Waals surface area contributed by atoms with Gasteiger partial charge in [-0.1, -0.05) is 6.92 Å². The van der Waals surface area contributed by atoms with E-state index in [1.165, 1.54) is 0 Å². The Balaban J connectivity index is 2.12. The zero-order valence-electron chi connectivity index (χ0n) is 11.1. The van der Waals surface area contributed by atoms with Gasteiger partial charge in [-0.2, -0.15) is 0 Å². The summed E-state index contributed by atoms with van der Waals surface area (Å²) < 4.78 is 10.7. The Kier molecular flexibility index (Phi) is 6.60. The summed E-state index contributed by atoms with van der Waals surface area (Å²) in [7, 11) is 0. The summed E-state index contributed by atoms with van der Waals surface area (Å²) in [6, 6.07) is 0. The first kappa shape index (κ1) is 15.4. The molecule has 0 unspecified atom stereocenters. The largest absolute Gasteiger partial charge is 0.481 e. The van der Waals surface area contributed by atoms with Gasteiger partial charge in [-0.15, -0.1) is 0 Å². The van der Waals surface area contributed by atoms with Crippen LogP contribution in [0.1, 0.15) is 39.0 Å². The van der Waals surface area contributed by atoms with Crippen molar-refractivity contribution in [3.8, 4) is 0 Å². The van der Waals surface area contributed by atoms with Gasteiger partial charge in [0, 0.05) is 6.61 Å². The molecule has 18 heavy (non-hydrogen) atoms. The van der Waals surface area contributed by atoms with Crippen LogP contribution >= 0.6 is 0 Å². The number of aliphatic carboxylic acids is 1. The molecule has 0 spiro atoms. The molecule has 5 heteroatoms. The number of hydrogen-bond acceptors (Lipinski definition) is 4. The minimum atomic E-state index is -0.850. The summed E-state index contributed by atoms with van der Waals surface area (Å²) in [6.07, 6.45) is 3.04. The number of ether oxygens (including phenoxy) is 2. The third-order valence-electron chi connectivity index (χ3n) is 3.36. The molecule has 1 rings (SSSR count). The van der Waals surface area contributed by atoms with Gasteiger partial charge >= 0.3 is 5.97 Å². The third-order valence-corrected chi connectivity index (χ3v) is 3.36. The lowest BCUT2D eigenvalue weighted by atomic mass is 9.79. The zero-order valence-corrected chi connectivity index (χ0v) is 11.1. The van der Waals surface area contributed by atoms with Crippen LogP contribution in [0.3, 0.4) is 0 Å². The second kappa shape index (κ2) is 7.71. The van der Waals surface area contributed by atoms with Crippen molar-refractivity contribution in [3.05, 3.63) is 0 Å². The molecular formula is C13H24O5. The first-order valence-electron chi connectivity index (χ1n) is 6.68. The molecule has 0 heterocycles. The molecule has 1 aliphatic carbocycles. The minimum Gasteiger partial charge on any atom is -0.481 e. The number of rotatable bonds is 8. The number of carboxylic acid groups (broad SMARTS) is 1. The first-order valence-corrected chi connectivity index (χ1v) is 6.68. The maximum Gasteiger partial charge on any atom is 0.306 e. The van der Waals surface area contributed by atoms with Gasteiger partial charge in [0.2, 0.25) is 0 Å². The van der Waals surface area contributed by atoms with Crippen LogP contribution < -0.4 is 0 Å². The van der Waals surface area contributed by atoms with E-state index in [0.29, 0.717) is 38.9 Å². The molecule has 0 aromatic carbocycles. The van der Waals surface area contributed by atoms with Crippen LogP contribution in [0.15, 0.2) is 0 Å². The molecule has 0 aliphatic heterocycles. The van der Waals surface area contributed by atoms with Gasteiger partial charge in [-0.3, -0.25) is 4.79 Å². The molecule has 0 aromatic heterocycles. The fraction of sp³-hybridized carbons (Fsp3) is 0.923. The molecule has 0 amide bonds. The van der Waals surface area contributed by atoms with Crippen LogP contribution in [-0.4, -0.2) is 48.2 Å². The van der Waals surface area contributed by atoms with Crippen LogP contribution in [0.25, 0.3) is 0 Å². The molecule has 0 saturated heterocycles. The normalized spacial score (nSPS) is 28.2. The highest BCUT2D eigenvalue weighted by Crippen LogP contribution is 2.32. The Morgan fingerprint density at radius 2 is 1.83 bits per heavy atom. The van der Waals surface area contributed by atoms with E-state index in [2.05, 4.69) is 0 Å². The molecule has 0 aromatic rings. The van der Waals surface area contributed by atoms with Gasteiger partial charge in [0.25, 0.3) is 0 Å². The molecule has 1 aliphatic rings. The van der Waals surface area contributed by atoms with E-state index >= 15 is 0 Å². The lowest BCUT2D eigenvalue weighted by Gasteiger charge is -2.34. The first-order chi connectivity index (χ1) is 8.57. The van der Waals surface area contributed by atoms with E-state index in [0.717, 1.165) is 13.0 Å². The molecule has 0 atom stereocenters. The summed E-state index contributed by atoms with van der Waals surface area (Å²) >= 11 is 0. The molecule has 0 radical (unpaired) electrons. The summed E-state index contributed by atoms with van der Waals surface area (Å²) in [4.78, 5) is 10.8. The van der Waals surface area contributed by atoms with Gasteiger partial charge in [-0.25, -0.2) is 0 Å². The number of carboxylic acids is 1. The van der Waals surface area contributed by atoms with Crippen molar-refractivity contribution in [2.24, 2.45) is 5.92 Å². The van der Waals surface area contributed by atoms with Gasteiger partial charge in [0.1, 0.15) is 0 Å². The molecule has 1 fully saturated rings. The SMILES string of the molecule is CCCOCCOCC1(O)CCC(C(=O)O)CC1. The van der Waals surface area contributed by atoms with Crippen molar-refractivity contribution in [1.82, 2.24) is 0 Å². The Hall–Kier alpha value is -0.650. The van der Waals surface area contributed by atoms with Crippen molar-refractivity contribution < 1.29 is 24.5 Å². The number of carbonyl (C=O) groups is 1. The average Bonchev–Trinajstić information content (AvgIpc) is 2.34. The van der Waals surface area contributed by atoms with Gasteiger partial charge in [0.05, 0.1) is 31.3 Å². The number of hydrogen-bond donors (Lipinski definition) is 2. The van der Waals surface area contributed by atoms with Crippen molar-refractivity contribution in [3.63, 3.8) is 0 Å². The highest BCUT2D eigenvalue weighted by Gasteiger charge is 2.35. The Labute approximate surface area is 108 Å². The second-order valence-corrected chi connectivity index (χ2v) is 5.00. The van der Waals surface area contributed by atoms with Crippen LogP contribution in [0, 0.1) is 5.92 Å². The molecule has 2 N–H and O–H groups in total. The predicted molar refractivity (Wildman–Crippen MR) is 66.5 cm³/mol. The fourth-order valence-corrected chi connectivity index (χ4v) is 2.17. The lowest BCUT2D eigenvalue weighted by Crippen LogP contribution is -2.40. The second-order valence-electron chi connectivity index (χ2n) is 5.00. The summed E-state index contributed by atoms with van der Waals surface area (Å²) in [5.74, 6) is -1.07. The third kappa shape index (κ3) is 5.33.